The topological polar surface area (TPSA) is 46.2 Å². The Bertz CT molecular complexity index is 1040. The van der Waals surface area contributed by atoms with Crippen LogP contribution in [0.2, 0.25) is 20.1 Å². The number of halogens is 4. The van der Waals surface area contributed by atoms with Gasteiger partial charge in [-0.25, -0.2) is 0 Å². The molecular formula is C20H11Cl4NO2. The normalized spacial score (nSPS) is 10.5. The zero-order chi connectivity index (χ0) is 19.6. The van der Waals surface area contributed by atoms with Crippen LogP contribution in [0.1, 0.15) is 26.3 Å². The van der Waals surface area contributed by atoms with Gasteiger partial charge >= 0.3 is 0 Å². The maximum absolute atomic E-state index is 12.8. The Balaban J connectivity index is 2.00. The second-order valence-electron chi connectivity index (χ2n) is 5.56. The first-order valence-electron chi connectivity index (χ1n) is 7.72. The molecular weight excluding hydrogens is 428 g/mol. The summed E-state index contributed by atoms with van der Waals surface area (Å²) < 4.78 is 0. The summed E-state index contributed by atoms with van der Waals surface area (Å²) in [6, 6.07) is 16.2. The van der Waals surface area contributed by atoms with E-state index in [1.807, 2.05) is 0 Å². The predicted molar refractivity (Wildman–Crippen MR) is 111 cm³/mol. The minimum absolute atomic E-state index is 0.0268. The van der Waals surface area contributed by atoms with Gasteiger partial charge in [0.25, 0.3) is 5.91 Å². The maximum Gasteiger partial charge on any atom is 0.258 e. The molecule has 0 radical (unpaired) electrons. The highest BCUT2D eigenvalue weighted by Gasteiger charge is 2.21. The number of carbonyl (C=O) groups excluding carboxylic acids is 2. The molecule has 0 fully saturated rings. The number of ketones is 1. The average Bonchev–Trinajstić information content (AvgIpc) is 2.66. The van der Waals surface area contributed by atoms with Crippen molar-refractivity contribution in [1.82, 2.24) is 0 Å². The van der Waals surface area contributed by atoms with Crippen LogP contribution in [0, 0.1) is 0 Å². The number of hydrogen-bond donors (Lipinski definition) is 1. The third-order valence-electron chi connectivity index (χ3n) is 3.78. The van der Waals surface area contributed by atoms with Gasteiger partial charge in [-0.05, 0) is 30.3 Å². The lowest BCUT2D eigenvalue weighted by Gasteiger charge is -2.13. The highest BCUT2D eigenvalue weighted by molar-refractivity contribution is 6.46. The average molecular weight is 439 g/mol. The van der Waals surface area contributed by atoms with Crippen LogP contribution in [-0.2, 0) is 0 Å². The smallest absolute Gasteiger partial charge is 0.258 e. The fourth-order valence-corrected chi connectivity index (χ4v) is 3.35. The van der Waals surface area contributed by atoms with Crippen LogP contribution in [-0.4, -0.2) is 11.7 Å². The molecule has 0 unspecified atom stereocenters. The van der Waals surface area contributed by atoms with Crippen molar-refractivity contribution < 1.29 is 9.59 Å². The first-order valence-corrected chi connectivity index (χ1v) is 9.24. The summed E-state index contributed by atoms with van der Waals surface area (Å²) in [6.45, 7) is 0. The summed E-state index contributed by atoms with van der Waals surface area (Å²) in [4.78, 5) is 25.6. The molecule has 1 N–H and O–H groups in total. The third kappa shape index (κ3) is 4.28. The zero-order valence-electron chi connectivity index (χ0n) is 13.6. The van der Waals surface area contributed by atoms with Crippen molar-refractivity contribution in [3.05, 3.63) is 97.4 Å². The number of rotatable bonds is 4. The molecule has 3 nitrogen and oxygen atoms in total. The second-order valence-corrected chi connectivity index (χ2v) is 7.19. The lowest BCUT2D eigenvalue weighted by atomic mass is 10.0. The van der Waals surface area contributed by atoms with Gasteiger partial charge < -0.3 is 5.32 Å². The molecule has 0 atom stereocenters. The fourth-order valence-electron chi connectivity index (χ4n) is 2.48. The predicted octanol–water partition coefficient (Wildman–Crippen LogP) is 6.78. The third-order valence-corrected chi connectivity index (χ3v) is 5.14. The van der Waals surface area contributed by atoms with Gasteiger partial charge in [-0.3, -0.25) is 9.59 Å². The summed E-state index contributed by atoms with van der Waals surface area (Å²) in [6.07, 6.45) is 0. The van der Waals surface area contributed by atoms with Crippen molar-refractivity contribution in [3.63, 3.8) is 0 Å². The molecule has 0 aliphatic rings. The zero-order valence-corrected chi connectivity index (χ0v) is 16.6. The Hall–Kier alpha value is -2.04. The van der Waals surface area contributed by atoms with Gasteiger partial charge in [0.05, 0.1) is 26.3 Å². The number of carbonyl (C=O) groups is 2. The molecule has 3 aromatic rings. The van der Waals surface area contributed by atoms with Gasteiger partial charge in [-0.2, -0.15) is 0 Å². The molecule has 7 heteroatoms. The first kappa shape index (κ1) is 19.7. The van der Waals surface area contributed by atoms with Crippen molar-refractivity contribution in [1.29, 1.82) is 0 Å². The van der Waals surface area contributed by atoms with E-state index >= 15 is 0 Å². The van der Waals surface area contributed by atoms with Crippen LogP contribution in [0.4, 0.5) is 5.69 Å². The van der Waals surface area contributed by atoms with E-state index in [-0.39, 0.29) is 37.7 Å². The Labute approximate surface area is 175 Å². The van der Waals surface area contributed by atoms with Crippen LogP contribution in [0.25, 0.3) is 0 Å². The monoisotopic (exact) mass is 437 g/mol. The largest absolute Gasteiger partial charge is 0.321 e. The van der Waals surface area contributed by atoms with Crippen molar-refractivity contribution in [2.75, 3.05) is 5.32 Å². The lowest BCUT2D eigenvalue weighted by molar-refractivity contribution is 0.102. The fraction of sp³-hybridized carbons (Fsp3) is 0. The Morgan fingerprint density at radius 1 is 0.778 bits per heavy atom. The van der Waals surface area contributed by atoms with Gasteiger partial charge in [-0.1, -0.05) is 76.7 Å². The van der Waals surface area contributed by atoms with Crippen LogP contribution in [0.5, 0.6) is 0 Å². The molecule has 0 saturated heterocycles. The minimum Gasteiger partial charge on any atom is -0.321 e. The quantitative estimate of drug-likeness (QED) is 0.360. The summed E-state index contributed by atoms with van der Waals surface area (Å²) in [5.74, 6) is -0.867. The molecule has 0 aliphatic heterocycles. The molecule has 1 amide bonds. The molecule has 0 aromatic heterocycles. The standard InChI is InChI=1S/C20H11Cl4NO2/c21-12-6-9-16(13(10-12)19(26)11-4-2-1-3-5-11)25-20(27)17-14(22)7-8-15(23)18(17)24/h1-10H,(H,25,27). The molecule has 0 heterocycles. The minimum atomic E-state index is -0.586. The molecule has 136 valence electrons. The maximum atomic E-state index is 12.8. The van der Waals surface area contributed by atoms with E-state index in [2.05, 4.69) is 5.32 Å². The molecule has 3 rings (SSSR count). The Morgan fingerprint density at radius 2 is 1.44 bits per heavy atom. The summed E-state index contributed by atoms with van der Waals surface area (Å²) in [5, 5.41) is 3.41. The Morgan fingerprint density at radius 3 is 2.15 bits per heavy atom. The SMILES string of the molecule is O=C(c1ccccc1)c1cc(Cl)ccc1NC(=O)c1c(Cl)ccc(Cl)c1Cl. The number of nitrogens with one attached hydrogen (secondary N) is 1. The molecule has 0 saturated carbocycles. The van der Waals surface area contributed by atoms with Gasteiger partial charge in [0.1, 0.15) is 0 Å². The van der Waals surface area contributed by atoms with E-state index in [9.17, 15) is 9.59 Å². The van der Waals surface area contributed by atoms with Crippen molar-refractivity contribution in [2.24, 2.45) is 0 Å². The van der Waals surface area contributed by atoms with Crippen LogP contribution in [0.15, 0.2) is 60.7 Å². The highest BCUT2D eigenvalue weighted by atomic mass is 35.5. The van der Waals surface area contributed by atoms with Crippen LogP contribution in [0.3, 0.4) is 0 Å². The van der Waals surface area contributed by atoms with Gasteiger partial charge in [0.2, 0.25) is 0 Å². The van der Waals surface area contributed by atoms with Crippen molar-refractivity contribution in [3.8, 4) is 0 Å². The lowest BCUT2D eigenvalue weighted by Crippen LogP contribution is -2.16. The van der Waals surface area contributed by atoms with Crippen LogP contribution < -0.4 is 5.32 Å². The van der Waals surface area contributed by atoms with Crippen molar-refractivity contribution in [2.45, 2.75) is 0 Å². The molecule has 0 bridgehead atoms. The molecule has 0 spiro atoms. The highest BCUT2D eigenvalue weighted by Crippen LogP contribution is 2.32. The summed E-state index contributed by atoms with van der Waals surface area (Å²) in [7, 11) is 0. The number of amides is 1. The first-order chi connectivity index (χ1) is 12.9. The molecule has 0 aliphatic carbocycles. The molecule has 3 aromatic carbocycles. The number of benzene rings is 3. The van der Waals surface area contributed by atoms with E-state index in [1.165, 1.54) is 18.2 Å². The summed E-state index contributed by atoms with van der Waals surface area (Å²) >= 11 is 24.2. The van der Waals surface area contributed by atoms with Crippen LogP contribution >= 0.6 is 46.4 Å². The Kier molecular flexibility index (Phi) is 6.08. The number of hydrogen-bond acceptors (Lipinski definition) is 2. The molecule has 27 heavy (non-hydrogen) atoms. The van der Waals surface area contributed by atoms with E-state index in [1.54, 1.807) is 42.5 Å². The van der Waals surface area contributed by atoms with E-state index in [0.717, 1.165) is 0 Å². The van der Waals surface area contributed by atoms with E-state index in [0.29, 0.717) is 10.6 Å². The summed E-state index contributed by atoms with van der Waals surface area (Å²) in [5.41, 5.74) is 1.02. The second kappa shape index (κ2) is 8.32. The number of anilines is 1. The van der Waals surface area contributed by atoms with Crippen molar-refractivity contribution >= 4 is 63.8 Å². The van der Waals surface area contributed by atoms with E-state index in [4.69, 9.17) is 46.4 Å². The van der Waals surface area contributed by atoms with Gasteiger partial charge in [0, 0.05) is 16.1 Å². The van der Waals surface area contributed by atoms with Gasteiger partial charge in [-0.15, -0.1) is 0 Å². The van der Waals surface area contributed by atoms with E-state index < -0.39 is 5.91 Å². The van der Waals surface area contributed by atoms with Gasteiger partial charge in [0.15, 0.2) is 5.78 Å².